The van der Waals surface area contributed by atoms with Gasteiger partial charge in [0.05, 0.1) is 0 Å². The highest BCUT2D eigenvalue weighted by Crippen LogP contribution is 2.50. The number of ketones is 1. The first-order chi connectivity index (χ1) is 5.54. The van der Waals surface area contributed by atoms with Gasteiger partial charge in [-0.25, -0.2) is 0 Å². The van der Waals surface area contributed by atoms with Gasteiger partial charge in [0.15, 0.2) is 0 Å². The van der Waals surface area contributed by atoms with Crippen molar-refractivity contribution in [3.8, 4) is 0 Å². The van der Waals surface area contributed by atoms with Crippen molar-refractivity contribution < 1.29 is 9.72 Å². The molecule has 2 fully saturated rings. The van der Waals surface area contributed by atoms with E-state index in [9.17, 15) is 14.9 Å². The summed E-state index contributed by atoms with van der Waals surface area (Å²) >= 11 is 0. The number of carbonyl (C=O) groups excluding carboxylic acids is 1. The number of nitro groups is 1. The molecule has 2 rings (SSSR count). The van der Waals surface area contributed by atoms with Crippen molar-refractivity contribution >= 4 is 5.78 Å². The SMILES string of the molecule is CC1([N+](=O)[O-])CC2CC1CC2=O. The lowest BCUT2D eigenvalue weighted by atomic mass is 9.83. The molecular weight excluding hydrogens is 158 g/mol. The molecule has 0 aromatic heterocycles. The molecular formula is C8H11NO3. The number of nitrogens with zero attached hydrogens (tertiary/aromatic N) is 1. The number of carbonyl (C=O) groups is 1. The van der Waals surface area contributed by atoms with Gasteiger partial charge in [-0.15, -0.1) is 0 Å². The highest BCUT2D eigenvalue weighted by molar-refractivity contribution is 5.84. The van der Waals surface area contributed by atoms with Crippen LogP contribution in [0.15, 0.2) is 0 Å². The van der Waals surface area contributed by atoms with Gasteiger partial charge in [-0.1, -0.05) is 0 Å². The number of Topliss-reactive ketones (excluding diaryl/α,β-unsaturated/α-hetero) is 1. The standard InChI is InChI=1S/C8H11NO3/c1-8(9(11)12)4-5-2-6(8)3-7(5)10/h5-6H,2-4H2,1H3. The lowest BCUT2D eigenvalue weighted by Crippen LogP contribution is -2.41. The van der Waals surface area contributed by atoms with Crippen molar-refractivity contribution in [1.29, 1.82) is 0 Å². The van der Waals surface area contributed by atoms with Crippen LogP contribution in [0.4, 0.5) is 0 Å². The van der Waals surface area contributed by atoms with Gasteiger partial charge in [0, 0.05) is 36.5 Å². The fourth-order valence-corrected chi connectivity index (χ4v) is 2.53. The highest BCUT2D eigenvalue weighted by Gasteiger charge is 2.59. The molecule has 4 heteroatoms. The summed E-state index contributed by atoms with van der Waals surface area (Å²) in [6.45, 7) is 1.67. The van der Waals surface area contributed by atoms with E-state index in [1.54, 1.807) is 6.92 Å². The molecule has 0 spiro atoms. The maximum Gasteiger partial charge on any atom is 0.223 e. The molecule has 0 amide bonds. The Kier molecular flexibility index (Phi) is 1.32. The summed E-state index contributed by atoms with van der Waals surface area (Å²) in [4.78, 5) is 21.6. The van der Waals surface area contributed by atoms with Crippen molar-refractivity contribution in [3.63, 3.8) is 0 Å². The summed E-state index contributed by atoms with van der Waals surface area (Å²) in [5.41, 5.74) is -0.807. The summed E-state index contributed by atoms with van der Waals surface area (Å²) in [6.07, 6.45) is 1.64. The highest BCUT2D eigenvalue weighted by atomic mass is 16.6. The molecule has 12 heavy (non-hydrogen) atoms. The van der Waals surface area contributed by atoms with Crippen LogP contribution in [0.1, 0.15) is 26.2 Å². The van der Waals surface area contributed by atoms with Crippen LogP contribution >= 0.6 is 0 Å². The van der Waals surface area contributed by atoms with Crippen LogP contribution in [0.3, 0.4) is 0 Å². The zero-order valence-corrected chi connectivity index (χ0v) is 6.95. The van der Waals surface area contributed by atoms with Gasteiger partial charge in [-0.2, -0.15) is 0 Å². The Morgan fingerprint density at radius 3 is 2.67 bits per heavy atom. The van der Waals surface area contributed by atoms with Crippen molar-refractivity contribution in [1.82, 2.24) is 0 Å². The summed E-state index contributed by atoms with van der Waals surface area (Å²) < 4.78 is 0. The largest absolute Gasteiger partial charge is 0.299 e. The van der Waals surface area contributed by atoms with E-state index in [1.165, 1.54) is 0 Å². The lowest BCUT2D eigenvalue weighted by Gasteiger charge is -2.24. The molecule has 0 heterocycles. The van der Waals surface area contributed by atoms with E-state index in [0.717, 1.165) is 6.42 Å². The second-order valence-corrected chi connectivity index (χ2v) is 4.12. The molecule has 0 saturated heterocycles. The zero-order chi connectivity index (χ0) is 8.93. The summed E-state index contributed by atoms with van der Waals surface area (Å²) in [6, 6.07) is 0. The Hall–Kier alpha value is -0.930. The Bertz CT molecular complexity index is 263. The Labute approximate surface area is 70.1 Å². The third-order valence-electron chi connectivity index (χ3n) is 3.43. The van der Waals surface area contributed by atoms with E-state index in [-0.39, 0.29) is 22.5 Å². The van der Waals surface area contributed by atoms with Gasteiger partial charge >= 0.3 is 0 Å². The third-order valence-corrected chi connectivity index (χ3v) is 3.43. The van der Waals surface area contributed by atoms with Crippen molar-refractivity contribution in [2.75, 3.05) is 0 Å². The first kappa shape index (κ1) is 7.71. The predicted octanol–water partition coefficient (Wildman–Crippen LogP) is 1.02. The molecule has 2 aliphatic carbocycles. The molecule has 0 aromatic carbocycles. The number of hydrogen-bond acceptors (Lipinski definition) is 3. The Balaban J connectivity index is 2.26. The third kappa shape index (κ3) is 0.750. The molecule has 3 atom stereocenters. The fourth-order valence-electron chi connectivity index (χ4n) is 2.53. The minimum atomic E-state index is -0.807. The van der Waals surface area contributed by atoms with Crippen LogP contribution in [0, 0.1) is 22.0 Å². The monoisotopic (exact) mass is 169 g/mol. The van der Waals surface area contributed by atoms with Gasteiger partial charge in [0.1, 0.15) is 5.78 Å². The quantitative estimate of drug-likeness (QED) is 0.435. The zero-order valence-electron chi connectivity index (χ0n) is 6.95. The Morgan fingerprint density at radius 2 is 2.33 bits per heavy atom. The maximum atomic E-state index is 11.1. The van der Waals surface area contributed by atoms with E-state index in [1.807, 2.05) is 0 Å². The van der Waals surface area contributed by atoms with Crippen LogP contribution in [0.5, 0.6) is 0 Å². The molecule has 0 aliphatic heterocycles. The Morgan fingerprint density at radius 1 is 1.67 bits per heavy atom. The van der Waals surface area contributed by atoms with Gasteiger partial charge < -0.3 is 0 Å². The number of rotatable bonds is 1. The van der Waals surface area contributed by atoms with Gasteiger partial charge in [-0.05, 0) is 6.42 Å². The van der Waals surface area contributed by atoms with Crippen molar-refractivity contribution in [2.24, 2.45) is 11.8 Å². The topological polar surface area (TPSA) is 60.2 Å². The minimum absolute atomic E-state index is 0.00463. The van der Waals surface area contributed by atoms with Crippen LogP contribution in [0.2, 0.25) is 0 Å². The van der Waals surface area contributed by atoms with E-state index in [2.05, 4.69) is 0 Å². The molecule has 0 aromatic rings. The average Bonchev–Trinajstić information content (AvgIpc) is 2.45. The normalized spacial score (nSPS) is 45.2. The number of fused-ring (bicyclic) bond motifs is 2. The molecule has 2 bridgehead atoms. The molecule has 66 valence electrons. The molecule has 0 N–H and O–H groups in total. The smallest absolute Gasteiger partial charge is 0.223 e. The van der Waals surface area contributed by atoms with Crippen LogP contribution in [-0.4, -0.2) is 16.2 Å². The van der Waals surface area contributed by atoms with Crippen molar-refractivity contribution in [2.45, 2.75) is 31.7 Å². The minimum Gasteiger partial charge on any atom is -0.299 e. The van der Waals surface area contributed by atoms with Crippen LogP contribution in [0.25, 0.3) is 0 Å². The predicted molar refractivity (Wildman–Crippen MR) is 41.2 cm³/mol. The van der Waals surface area contributed by atoms with Crippen LogP contribution in [-0.2, 0) is 4.79 Å². The molecule has 2 aliphatic rings. The van der Waals surface area contributed by atoms with Crippen LogP contribution < -0.4 is 0 Å². The van der Waals surface area contributed by atoms with Gasteiger partial charge in [0.2, 0.25) is 5.54 Å². The van der Waals surface area contributed by atoms with E-state index >= 15 is 0 Å². The van der Waals surface area contributed by atoms with Crippen molar-refractivity contribution in [3.05, 3.63) is 10.1 Å². The summed E-state index contributed by atoms with van der Waals surface area (Å²) in [5.74, 6) is 0.231. The fraction of sp³-hybridized carbons (Fsp3) is 0.875. The summed E-state index contributed by atoms with van der Waals surface area (Å²) in [7, 11) is 0. The summed E-state index contributed by atoms with van der Waals surface area (Å²) in [5, 5.41) is 10.7. The first-order valence-corrected chi connectivity index (χ1v) is 4.21. The maximum absolute atomic E-state index is 11.1. The second-order valence-electron chi connectivity index (χ2n) is 4.12. The molecule has 0 radical (unpaired) electrons. The van der Waals surface area contributed by atoms with E-state index < -0.39 is 5.54 Å². The number of hydrogen-bond donors (Lipinski definition) is 0. The molecule has 4 nitrogen and oxygen atoms in total. The van der Waals surface area contributed by atoms with Gasteiger partial charge in [-0.3, -0.25) is 14.9 Å². The first-order valence-electron chi connectivity index (χ1n) is 4.21. The van der Waals surface area contributed by atoms with Gasteiger partial charge in [0.25, 0.3) is 0 Å². The molecule has 3 unspecified atom stereocenters. The lowest BCUT2D eigenvalue weighted by molar-refractivity contribution is -0.573. The second kappa shape index (κ2) is 2.06. The average molecular weight is 169 g/mol. The molecule has 2 saturated carbocycles. The van der Waals surface area contributed by atoms with E-state index in [4.69, 9.17) is 0 Å². The van der Waals surface area contributed by atoms with E-state index in [0.29, 0.717) is 12.8 Å².